The van der Waals surface area contributed by atoms with Crippen molar-refractivity contribution in [2.24, 2.45) is 0 Å². The van der Waals surface area contributed by atoms with Crippen LogP contribution in [0.2, 0.25) is 5.02 Å². The molecule has 1 N–H and O–H groups in total. The van der Waals surface area contributed by atoms with Crippen LogP contribution < -0.4 is 5.32 Å². The summed E-state index contributed by atoms with van der Waals surface area (Å²) in [5.74, 6) is 1.09. The van der Waals surface area contributed by atoms with E-state index >= 15 is 0 Å². The van der Waals surface area contributed by atoms with Crippen molar-refractivity contribution in [2.75, 3.05) is 19.6 Å². The topological polar surface area (TPSA) is 71.5 Å². The first kappa shape index (κ1) is 18.8. The molecule has 1 amide bonds. The standard InChI is InChI=1S/C21H22ClN3O3/c1-14-19(20(24-28-14)15-7-2-3-8-16(15)22)21(26)23-13-17(18-9-6-12-27-18)25-10-4-5-11-25/h2-3,6-9,12,17H,4-5,10-11,13H2,1H3,(H,23,26)/t17-/m0/s1. The predicted molar refractivity (Wildman–Crippen MR) is 106 cm³/mol. The number of carbonyl (C=O) groups excluding carboxylic acids is 1. The summed E-state index contributed by atoms with van der Waals surface area (Å²) in [4.78, 5) is 15.4. The fourth-order valence-corrected chi connectivity index (χ4v) is 3.92. The normalized spacial score (nSPS) is 15.6. The van der Waals surface area contributed by atoms with Crippen molar-refractivity contribution in [3.63, 3.8) is 0 Å². The van der Waals surface area contributed by atoms with Crippen LogP contribution in [0.4, 0.5) is 0 Å². The Bertz CT molecular complexity index is 946. The lowest BCUT2D eigenvalue weighted by Crippen LogP contribution is -2.36. The molecule has 1 fully saturated rings. The van der Waals surface area contributed by atoms with E-state index in [2.05, 4.69) is 15.4 Å². The summed E-state index contributed by atoms with van der Waals surface area (Å²) in [7, 11) is 0. The first-order valence-electron chi connectivity index (χ1n) is 9.42. The molecule has 3 aromatic rings. The van der Waals surface area contributed by atoms with Gasteiger partial charge in [-0.1, -0.05) is 35.0 Å². The number of nitrogens with zero attached hydrogens (tertiary/aromatic N) is 2. The first-order chi connectivity index (χ1) is 13.6. The highest BCUT2D eigenvalue weighted by molar-refractivity contribution is 6.33. The van der Waals surface area contributed by atoms with Gasteiger partial charge in [-0.05, 0) is 51.1 Å². The molecule has 0 saturated carbocycles. The molecule has 7 heteroatoms. The minimum Gasteiger partial charge on any atom is -0.468 e. The molecule has 0 radical (unpaired) electrons. The van der Waals surface area contributed by atoms with Crippen LogP contribution in [0.25, 0.3) is 11.3 Å². The number of hydrogen-bond acceptors (Lipinski definition) is 5. The maximum atomic E-state index is 13.0. The molecular weight excluding hydrogens is 378 g/mol. The Kier molecular flexibility index (Phi) is 5.50. The van der Waals surface area contributed by atoms with Crippen LogP contribution >= 0.6 is 11.6 Å². The second-order valence-corrected chi connectivity index (χ2v) is 7.33. The Balaban J connectivity index is 1.55. The third kappa shape index (κ3) is 3.70. The third-order valence-corrected chi connectivity index (χ3v) is 5.46. The van der Waals surface area contributed by atoms with Crippen LogP contribution in [0.5, 0.6) is 0 Å². The molecular formula is C21H22ClN3O3. The molecule has 1 aliphatic heterocycles. The number of amides is 1. The van der Waals surface area contributed by atoms with Crippen LogP contribution in [0, 0.1) is 6.92 Å². The SMILES string of the molecule is Cc1onc(-c2ccccc2Cl)c1C(=O)NC[C@@H](c1ccco1)N1CCCC1. The lowest BCUT2D eigenvalue weighted by molar-refractivity contribution is 0.0933. The predicted octanol–water partition coefficient (Wildman–Crippen LogP) is 4.46. The molecule has 6 nitrogen and oxygen atoms in total. The summed E-state index contributed by atoms with van der Waals surface area (Å²) in [5, 5.41) is 7.63. The van der Waals surface area contributed by atoms with E-state index in [0.717, 1.165) is 31.7 Å². The average Bonchev–Trinajstić information content (AvgIpc) is 3.44. The maximum Gasteiger partial charge on any atom is 0.257 e. The van der Waals surface area contributed by atoms with Crippen LogP contribution in [0.3, 0.4) is 0 Å². The van der Waals surface area contributed by atoms with E-state index in [4.69, 9.17) is 20.5 Å². The zero-order chi connectivity index (χ0) is 19.5. The van der Waals surface area contributed by atoms with Crippen LogP contribution in [-0.2, 0) is 0 Å². The maximum absolute atomic E-state index is 13.0. The summed E-state index contributed by atoms with van der Waals surface area (Å²) in [6.07, 6.45) is 3.99. The number of aromatic nitrogens is 1. The number of rotatable bonds is 6. The van der Waals surface area contributed by atoms with Gasteiger partial charge in [-0.3, -0.25) is 9.69 Å². The Morgan fingerprint density at radius 3 is 2.75 bits per heavy atom. The Labute approximate surface area is 168 Å². The van der Waals surface area contributed by atoms with E-state index in [0.29, 0.717) is 34.1 Å². The van der Waals surface area contributed by atoms with Gasteiger partial charge in [0.15, 0.2) is 0 Å². The van der Waals surface area contributed by atoms with Crippen molar-refractivity contribution in [2.45, 2.75) is 25.8 Å². The molecule has 1 atom stereocenters. The zero-order valence-electron chi connectivity index (χ0n) is 15.7. The second-order valence-electron chi connectivity index (χ2n) is 6.93. The minimum absolute atomic E-state index is 0.00498. The highest BCUT2D eigenvalue weighted by Crippen LogP contribution is 2.31. The monoisotopic (exact) mass is 399 g/mol. The van der Waals surface area contributed by atoms with Gasteiger partial charge in [0.1, 0.15) is 22.8 Å². The molecule has 0 bridgehead atoms. The molecule has 0 aliphatic carbocycles. The molecule has 1 aliphatic rings. The Morgan fingerprint density at radius 2 is 2.04 bits per heavy atom. The van der Waals surface area contributed by atoms with Crippen molar-refractivity contribution in [1.82, 2.24) is 15.4 Å². The third-order valence-electron chi connectivity index (χ3n) is 5.13. The van der Waals surface area contributed by atoms with Gasteiger partial charge in [0.05, 0.1) is 17.3 Å². The molecule has 0 unspecified atom stereocenters. The summed E-state index contributed by atoms with van der Waals surface area (Å²) in [6.45, 7) is 4.17. The fraction of sp³-hybridized carbons (Fsp3) is 0.333. The van der Waals surface area contributed by atoms with Crippen molar-refractivity contribution in [1.29, 1.82) is 0 Å². The highest BCUT2D eigenvalue weighted by Gasteiger charge is 2.28. The van der Waals surface area contributed by atoms with Crippen molar-refractivity contribution in [3.8, 4) is 11.3 Å². The molecule has 1 aromatic carbocycles. The van der Waals surface area contributed by atoms with Crippen LogP contribution in [0.15, 0.2) is 51.6 Å². The summed E-state index contributed by atoms with van der Waals surface area (Å²) < 4.78 is 10.9. The van der Waals surface area contributed by atoms with Gasteiger partial charge in [-0.2, -0.15) is 0 Å². The first-order valence-corrected chi connectivity index (χ1v) is 9.80. The van der Waals surface area contributed by atoms with Crippen LogP contribution in [0.1, 0.15) is 40.8 Å². The number of nitrogens with one attached hydrogen (secondary N) is 1. The second kappa shape index (κ2) is 8.20. The van der Waals surface area contributed by atoms with Gasteiger partial charge in [-0.25, -0.2) is 0 Å². The van der Waals surface area contributed by atoms with E-state index in [9.17, 15) is 4.79 Å². The van der Waals surface area contributed by atoms with Gasteiger partial charge in [0.25, 0.3) is 5.91 Å². The summed E-state index contributed by atoms with van der Waals surface area (Å²) in [5.41, 5.74) is 1.54. The molecule has 4 rings (SSSR count). The molecule has 2 aromatic heterocycles. The highest BCUT2D eigenvalue weighted by atomic mass is 35.5. The quantitative estimate of drug-likeness (QED) is 0.662. The lowest BCUT2D eigenvalue weighted by Gasteiger charge is -2.26. The lowest BCUT2D eigenvalue weighted by atomic mass is 10.1. The smallest absolute Gasteiger partial charge is 0.257 e. The number of hydrogen-bond donors (Lipinski definition) is 1. The van der Waals surface area contributed by atoms with Crippen molar-refractivity contribution >= 4 is 17.5 Å². The van der Waals surface area contributed by atoms with E-state index in [-0.39, 0.29) is 11.9 Å². The molecule has 1 saturated heterocycles. The number of halogens is 1. The van der Waals surface area contributed by atoms with Crippen LogP contribution in [-0.4, -0.2) is 35.6 Å². The van der Waals surface area contributed by atoms with Gasteiger partial charge < -0.3 is 14.3 Å². The Morgan fingerprint density at radius 1 is 1.25 bits per heavy atom. The molecule has 3 heterocycles. The van der Waals surface area contributed by atoms with Gasteiger partial charge in [0.2, 0.25) is 0 Å². The van der Waals surface area contributed by atoms with Crippen molar-refractivity contribution in [3.05, 3.63) is 64.8 Å². The minimum atomic E-state index is -0.232. The fourth-order valence-electron chi connectivity index (χ4n) is 3.70. The average molecular weight is 400 g/mol. The molecule has 146 valence electrons. The molecule has 0 spiro atoms. The van der Waals surface area contributed by atoms with Gasteiger partial charge in [-0.15, -0.1) is 0 Å². The number of furan rings is 1. The number of benzene rings is 1. The van der Waals surface area contributed by atoms with Gasteiger partial charge >= 0.3 is 0 Å². The van der Waals surface area contributed by atoms with E-state index in [1.165, 1.54) is 0 Å². The largest absolute Gasteiger partial charge is 0.468 e. The van der Waals surface area contributed by atoms with E-state index in [1.54, 1.807) is 19.3 Å². The van der Waals surface area contributed by atoms with Crippen molar-refractivity contribution < 1.29 is 13.7 Å². The number of carbonyl (C=O) groups is 1. The molecule has 28 heavy (non-hydrogen) atoms. The zero-order valence-corrected chi connectivity index (χ0v) is 16.4. The summed E-state index contributed by atoms with van der Waals surface area (Å²) >= 11 is 6.29. The number of likely N-dealkylation sites (tertiary alicyclic amines) is 1. The van der Waals surface area contributed by atoms with Gasteiger partial charge in [0, 0.05) is 12.1 Å². The van der Waals surface area contributed by atoms with E-state index < -0.39 is 0 Å². The van der Waals surface area contributed by atoms with E-state index in [1.807, 2.05) is 30.3 Å². The Hall–Kier alpha value is -2.57. The number of aryl methyl sites for hydroxylation is 1. The summed E-state index contributed by atoms with van der Waals surface area (Å²) in [6, 6.07) is 11.1.